The lowest BCUT2D eigenvalue weighted by Gasteiger charge is -2.26. The van der Waals surface area contributed by atoms with Crippen LogP contribution >= 0.6 is 0 Å². The number of carbonyl (C=O) groups is 2. The molecule has 0 saturated carbocycles. The number of carboxylic acids is 1. The fraction of sp³-hybridized carbons (Fsp3) is 0.818. The van der Waals surface area contributed by atoms with Gasteiger partial charge in [0, 0.05) is 6.54 Å². The summed E-state index contributed by atoms with van der Waals surface area (Å²) in [4.78, 5) is 24.1. The highest BCUT2D eigenvalue weighted by Crippen LogP contribution is 2.24. The Bertz CT molecular complexity index is 311. The second-order valence-electron chi connectivity index (χ2n) is 5.32. The number of nitrogens with two attached hydrogens (primary N) is 1. The number of amides is 1. The number of hydrogen-bond acceptors (Lipinski definition) is 4. The molecule has 3 N–H and O–H groups in total. The molecule has 2 atom stereocenters. The molecule has 6 heteroatoms. The van der Waals surface area contributed by atoms with E-state index in [1.54, 1.807) is 20.8 Å². The van der Waals surface area contributed by atoms with E-state index in [0.717, 1.165) is 0 Å². The molecule has 1 rings (SSSR count). The van der Waals surface area contributed by atoms with E-state index in [9.17, 15) is 9.59 Å². The minimum atomic E-state index is -1.01. The van der Waals surface area contributed by atoms with E-state index in [1.807, 2.05) is 0 Å². The molecule has 1 heterocycles. The van der Waals surface area contributed by atoms with Gasteiger partial charge in [-0.1, -0.05) is 0 Å². The second-order valence-corrected chi connectivity index (χ2v) is 5.32. The zero-order valence-corrected chi connectivity index (χ0v) is 10.5. The van der Waals surface area contributed by atoms with Gasteiger partial charge in [0.05, 0.1) is 0 Å². The van der Waals surface area contributed by atoms with Crippen LogP contribution in [0.15, 0.2) is 0 Å². The van der Waals surface area contributed by atoms with Crippen LogP contribution in [0.3, 0.4) is 0 Å². The maximum absolute atomic E-state index is 11.8. The van der Waals surface area contributed by atoms with Crippen molar-refractivity contribution >= 4 is 12.1 Å². The van der Waals surface area contributed by atoms with Crippen molar-refractivity contribution in [2.45, 2.75) is 38.8 Å². The molecular weight excluding hydrogens is 224 g/mol. The minimum absolute atomic E-state index is 0.0311. The number of rotatable bonds is 2. The van der Waals surface area contributed by atoms with Crippen LogP contribution in [0.25, 0.3) is 0 Å². The van der Waals surface area contributed by atoms with Crippen LogP contribution in [0.5, 0.6) is 0 Å². The maximum atomic E-state index is 11.8. The van der Waals surface area contributed by atoms with Gasteiger partial charge in [-0.25, -0.2) is 9.59 Å². The van der Waals surface area contributed by atoms with Gasteiger partial charge in [-0.15, -0.1) is 0 Å². The highest BCUT2D eigenvalue weighted by atomic mass is 16.6. The van der Waals surface area contributed by atoms with Crippen molar-refractivity contribution in [3.05, 3.63) is 0 Å². The second kappa shape index (κ2) is 4.91. The summed E-state index contributed by atoms with van der Waals surface area (Å²) in [5.74, 6) is -0.976. The Kier molecular flexibility index (Phi) is 3.98. The first-order chi connectivity index (χ1) is 7.74. The van der Waals surface area contributed by atoms with Gasteiger partial charge in [0.15, 0.2) is 0 Å². The molecule has 1 fully saturated rings. The molecule has 0 unspecified atom stereocenters. The van der Waals surface area contributed by atoms with Gasteiger partial charge in [0.1, 0.15) is 11.6 Å². The quantitative estimate of drug-likeness (QED) is 0.744. The smallest absolute Gasteiger partial charge is 0.411 e. The molecule has 1 aliphatic heterocycles. The third-order valence-electron chi connectivity index (χ3n) is 2.63. The van der Waals surface area contributed by atoms with Crippen molar-refractivity contribution in [2.75, 3.05) is 13.1 Å². The molecule has 1 aliphatic rings. The number of carbonyl (C=O) groups excluding carboxylic acids is 1. The average molecular weight is 244 g/mol. The van der Waals surface area contributed by atoms with Crippen molar-refractivity contribution < 1.29 is 19.4 Å². The number of aliphatic carboxylic acids is 1. The van der Waals surface area contributed by atoms with Crippen molar-refractivity contribution in [3.63, 3.8) is 0 Å². The molecule has 1 saturated heterocycles. The van der Waals surface area contributed by atoms with Gasteiger partial charge < -0.3 is 15.6 Å². The SMILES string of the molecule is CC(C)(C)OC(=O)N1C[C@@H](CN)C[C@@H]1C(=O)O. The van der Waals surface area contributed by atoms with Gasteiger partial charge in [-0.3, -0.25) is 4.90 Å². The summed E-state index contributed by atoms with van der Waals surface area (Å²) in [6, 6.07) is -0.821. The lowest BCUT2D eigenvalue weighted by atomic mass is 10.1. The van der Waals surface area contributed by atoms with Crippen LogP contribution in [-0.4, -0.2) is 46.8 Å². The summed E-state index contributed by atoms with van der Waals surface area (Å²) in [5.41, 5.74) is 4.89. The third-order valence-corrected chi connectivity index (χ3v) is 2.63. The monoisotopic (exact) mass is 244 g/mol. The van der Waals surface area contributed by atoms with E-state index in [4.69, 9.17) is 15.6 Å². The molecule has 17 heavy (non-hydrogen) atoms. The van der Waals surface area contributed by atoms with E-state index < -0.39 is 23.7 Å². The zero-order chi connectivity index (χ0) is 13.2. The molecule has 0 aromatic carbocycles. The van der Waals surface area contributed by atoms with Crippen LogP contribution in [0.1, 0.15) is 27.2 Å². The normalized spacial score (nSPS) is 24.8. The Morgan fingerprint density at radius 2 is 2.06 bits per heavy atom. The standard InChI is InChI=1S/C11H20N2O4/c1-11(2,3)17-10(16)13-6-7(5-12)4-8(13)9(14)15/h7-8H,4-6,12H2,1-3H3,(H,14,15)/t7-,8-/m1/s1. The fourth-order valence-electron chi connectivity index (χ4n) is 1.85. The molecule has 0 spiro atoms. The van der Waals surface area contributed by atoms with Crippen LogP contribution in [0, 0.1) is 5.92 Å². The topological polar surface area (TPSA) is 92.9 Å². The summed E-state index contributed by atoms with van der Waals surface area (Å²) < 4.78 is 5.18. The van der Waals surface area contributed by atoms with Crippen LogP contribution in [0.4, 0.5) is 4.79 Å². The van der Waals surface area contributed by atoms with Crippen LogP contribution in [0.2, 0.25) is 0 Å². The molecule has 0 aromatic heterocycles. The Labute approximate surface area is 101 Å². The van der Waals surface area contributed by atoms with E-state index in [-0.39, 0.29) is 5.92 Å². The third kappa shape index (κ3) is 3.59. The Balaban J connectivity index is 2.73. The Morgan fingerprint density at radius 3 is 2.47 bits per heavy atom. The lowest BCUT2D eigenvalue weighted by molar-refractivity contribution is -0.142. The first-order valence-electron chi connectivity index (χ1n) is 5.67. The average Bonchev–Trinajstić information content (AvgIpc) is 2.58. The molecule has 0 aliphatic carbocycles. The van der Waals surface area contributed by atoms with Crippen molar-refractivity contribution in [2.24, 2.45) is 11.7 Å². The fourth-order valence-corrected chi connectivity index (χ4v) is 1.85. The Hall–Kier alpha value is -1.30. The Morgan fingerprint density at radius 1 is 1.47 bits per heavy atom. The molecule has 1 amide bonds. The largest absolute Gasteiger partial charge is 0.480 e. The van der Waals surface area contributed by atoms with E-state index in [2.05, 4.69) is 0 Å². The van der Waals surface area contributed by atoms with Crippen molar-refractivity contribution in [3.8, 4) is 0 Å². The van der Waals surface area contributed by atoms with Gasteiger partial charge in [-0.2, -0.15) is 0 Å². The van der Waals surface area contributed by atoms with Crippen molar-refractivity contribution in [1.82, 2.24) is 4.90 Å². The predicted octanol–water partition coefficient (Wildman–Crippen LogP) is 0.655. The first kappa shape index (κ1) is 13.8. The van der Waals surface area contributed by atoms with E-state index in [1.165, 1.54) is 4.90 Å². The highest BCUT2D eigenvalue weighted by Gasteiger charge is 2.40. The molecule has 0 radical (unpaired) electrons. The number of nitrogens with zero attached hydrogens (tertiary/aromatic N) is 1. The molecule has 98 valence electrons. The number of likely N-dealkylation sites (tertiary alicyclic amines) is 1. The summed E-state index contributed by atoms with van der Waals surface area (Å²) in [6.45, 7) is 5.97. The highest BCUT2D eigenvalue weighted by molar-refractivity contribution is 5.81. The molecule has 0 aromatic rings. The summed E-state index contributed by atoms with van der Waals surface area (Å²) in [7, 11) is 0. The van der Waals surface area contributed by atoms with E-state index >= 15 is 0 Å². The summed E-state index contributed by atoms with van der Waals surface area (Å²) in [6.07, 6.45) is -0.189. The van der Waals surface area contributed by atoms with Gasteiger partial charge >= 0.3 is 12.1 Å². The van der Waals surface area contributed by atoms with Gasteiger partial charge in [0.2, 0.25) is 0 Å². The summed E-state index contributed by atoms with van der Waals surface area (Å²) in [5, 5.41) is 9.05. The van der Waals surface area contributed by atoms with Gasteiger partial charge in [0.25, 0.3) is 0 Å². The maximum Gasteiger partial charge on any atom is 0.411 e. The molecule has 6 nitrogen and oxygen atoms in total. The van der Waals surface area contributed by atoms with Crippen LogP contribution in [-0.2, 0) is 9.53 Å². The van der Waals surface area contributed by atoms with E-state index in [0.29, 0.717) is 19.5 Å². The van der Waals surface area contributed by atoms with Gasteiger partial charge in [-0.05, 0) is 39.7 Å². The molecule has 0 bridgehead atoms. The minimum Gasteiger partial charge on any atom is -0.480 e. The zero-order valence-electron chi connectivity index (χ0n) is 10.5. The van der Waals surface area contributed by atoms with Crippen LogP contribution < -0.4 is 5.73 Å². The number of carboxylic acid groups (broad SMARTS) is 1. The number of hydrogen-bond donors (Lipinski definition) is 2. The molecular formula is C11H20N2O4. The first-order valence-corrected chi connectivity index (χ1v) is 5.67. The van der Waals surface area contributed by atoms with Crippen molar-refractivity contribution in [1.29, 1.82) is 0 Å². The summed E-state index contributed by atoms with van der Waals surface area (Å²) >= 11 is 0. The number of ether oxygens (including phenoxy) is 1. The predicted molar refractivity (Wildman–Crippen MR) is 61.5 cm³/mol. The lowest BCUT2D eigenvalue weighted by Crippen LogP contribution is -2.43.